The second-order valence-electron chi connectivity index (χ2n) is 7.36. The first-order valence-electron chi connectivity index (χ1n) is 8.00. The van der Waals surface area contributed by atoms with Crippen molar-refractivity contribution in [2.75, 3.05) is 7.05 Å². The Morgan fingerprint density at radius 3 is 2.19 bits per heavy atom. The minimum atomic E-state index is 0.343. The van der Waals surface area contributed by atoms with E-state index in [9.17, 15) is 0 Å². The van der Waals surface area contributed by atoms with Gasteiger partial charge in [0, 0.05) is 6.04 Å². The minimum absolute atomic E-state index is 0.343. The van der Waals surface area contributed by atoms with Gasteiger partial charge in [-0.1, -0.05) is 64.1 Å². The second-order valence-corrected chi connectivity index (χ2v) is 7.36. The highest BCUT2D eigenvalue weighted by atomic mass is 14.9. The monoisotopic (exact) mass is 283 g/mol. The van der Waals surface area contributed by atoms with Gasteiger partial charge in [0.15, 0.2) is 0 Å². The number of rotatable bonds is 4. The first-order valence-corrected chi connectivity index (χ1v) is 8.00. The van der Waals surface area contributed by atoms with Crippen molar-refractivity contribution in [3.63, 3.8) is 0 Å². The fourth-order valence-electron chi connectivity index (χ4n) is 2.88. The molecule has 0 saturated heterocycles. The van der Waals surface area contributed by atoms with E-state index < -0.39 is 0 Å². The van der Waals surface area contributed by atoms with E-state index in [-0.39, 0.29) is 0 Å². The molecule has 0 aromatic heterocycles. The lowest BCUT2D eigenvalue weighted by Gasteiger charge is -2.31. The van der Waals surface area contributed by atoms with Crippen molar-refractivity contribution in [3.8, 4) is 0 Å². The van der Waals surface area contributed by atoms with Crippen LogP contribution in [0.3, 0.4) is 0 Å². The molecule has 1 N–H and O–H groups in total. The lowest BCUT2D eigenvalue weighted by atomic mass is 9.77. The highest BCUT2D eigenvalue weighted by Crippen LogP contribution is 2.35. The molecular formula is C20H29N. The fraction of sp³-hybridized carbons (Fsp3) is 0.500. The van der Waals surface area contributed by atoms with Crippen LogP contribution in [0.1, 0.15) is 51.3 Å². The van der Waals surface area contributed by atoms with Crippen molar-refractivity contribution >= 4 is 10.8 Å². The van der Waals surface area contributed by atoms with Gasteiger partial charge in [0.25, 0.3) is 0 Å². The molecule has 0 heterocycles. The Hall–Kier alpha value is -1.34. The molecule has 1 heteroatoms. The van der Waals surface area contributed by atoms with Gasteiger partial charge in [0.2, 0.25) is 0 Å². The average molecular weight is 283 g/mol. The van der Waals surface area contributed by atoms with Gasteiger partial charge >= 0.3 is 0 Å². The van der Waals surface area contributed by atoms with Gasteiger partial charge in [0.1, 0.15) is 0 Å². The molecule has 2 rings (SSSR count). The maximum atomic E-state index is 3.53. The number of fused-ring (bicyclic) bond motifs is 1. The summed E-state index contributed by atoms with van der Waals surface area (Å²) >= 11 is 0. The SMILES string of the molecule is CNC(CC(C)C(C)(C)C)c1ccc(C)c2ccccc12. The van der Waals surface area contributed by atoms with Crippen molar-refractivity contribution < 1.29 is 0 Å². The maximum absolute atomic E-state index is 3.53. The zero-order valence-electron chi connectivity index (χ0n) is 14.3. The van der Waals surface area contributed by atoms with Gasteiger partial charge < -0.3 is 5.32 Å². The minimum Gasteiger partial charge on any atom is -0.313 e. The first kappa shape index (κ1) is 16.0. The fourth-order valence-corrected chi connectivity index (χ4v) is 2.88. The zero-order chi connectivity index (χ0) is 15.6. The summed E-state index contributed by atoms with van der Waals surface area (Å²) in [5.41, 5.74) is 3.12. The van der Waals surface area contributed by atoms with Crippen LogP contribution in [0.4, 0.5) is 0 Å². The van der Waals surface area contributed by atoms with Crippen LogP contribution in [0.2, 0.25) is 0 Å². The third kappa shape index (κ3) is 3.47. The van der Waals surface area contributed by atoms with Crippen molar-refractivity contribution in [2.45, 2.75) is 47.1 Å². The molecule has 2 atom stereocenters. The van der Waals surface area contributed by atoms with Crippen LogP contribution in [0.5, 0.6) is 0 Å². The molecule has 0 amide bonds. The normalized spacial score (nSPS) is 15.1. The maximum Gasteiger partial charge on any atom is 0.0326 e. The van der Waals surface area contributed by atoms with Crippen molar-refractivity contribution in [1.82, 2.24) is 5.32 Å². The summed E-state index contributed by atoms with van der Waals surface area (Å²) in [6.07, 6.45) is 1.16. The van der Waals surface area contributed by atoms with Gasteiger partial charge in [-0.05, 0) is 53.6 Å². The summed E-state index contributed by atoms with van der Waals surface area (Å²) in [4.78, 5) is 0. The lowest BCUT2D eigenvalue weighted by molar-refractivity contribution is 0.226. The second kappa shape index (κ2) is 6.19. The van der Waals surface area contributed by atoms with E-state index in [1.807, 2.05) is 0 Å². The summed E-state index contributed by atoms with van der Waals surface area (Å²) in [7, 11) is 2.08. The molecule has 2 aromatic rings. The van der Waals surface area contributed by atoms with E-state index in [0.717, 1.165) is 6.42 Å². The van der Waals surface area contributed by atoms with Gasteiger partial charge in [-0.2, -0.15) is 0 Å². The molecule has 0 aliphatic carbocycles. The summed E-state index contributed by atoms with van der Waals surface area (Å²) in [6.45, 7) is 11.5. The number of hydrogen-bond donors (Lipinski definition) is 1. The molecule has 21 heavy (non-hydrogen) atoms. The van der Waals surface area contributed by atoms with Crippen LogP contribution in [0.15, 0.2) is 36.4 Å². The van der Waals surface area contributed by atoms with Gasteiger partial charge in [-0.15, -0.1) is 0 Å². The molecule has 0 spiro atoms. The third-order valence-corrected chi connectivity index (χ3v) is 4.97. The van der Waals surface area contributed by atoms with Crippen LogP contribution < -0.4 is 5.32 Å². The van der Waals surface area contributed by atoms with E-state index in [1.54, 1.807) is 0 Å². The summed E-state index contributed by atoms with van der Waals surface area (Å²) < 4.78 is 0. The highest BCUT2D eigenvalue weighted by molar-refractivity contribution is 5.88. The Morgan fingerprint density at radius 1 is 1.00 bits per heavy atom. The molecule has 0 radical (unpaired) electrons. The topological polar surface area (TPSA) is 12.0 Å². The Labute approximate surface area is 129 Å². The molecule has 114 valence electrons. The Bertz CT molecular complexity index is 607. The first-order chi connectivity index (χ1) is 9.84. The third-order valence-electron chi connectivity index (χ3n) is 4.97. The Balaban J connectivity index is 2.42. The predicted molar refractivity (Wildman–Crippen MR) is 93.7 cm³/mol. The summed E-state index contributed by atoms with van der Waals surface area (Å²) in [5.74, 6) is 0.662. The molecule has 0 fully saturated rings. The molecule has 0 bridgehead atoms. The number of aryl methyl sites for hydroxylation is 1. The summed E-state index contributed by atoms with van der Waals surface area (Å²) in [5, 5.41) is 6.29. The van der Waals surface area contributed by atoms with Crippen molar-refractivity contribution in [3.05, 3.63) is 47.5 Å². The molecule has 0 aliphatic heterocycles. The van der Waals surface area contributed by atoms with Crippen molar-refractivity contribution in [1.29, 1.82) is 0 Å². The molecule has 0 aliphatic rings. The van der Waals surface area contributed by atoms with E-state index in [4.69, 9.17) is 0 Å². The summed E-state index contributed by atoms with van der Waals surface area (Å²) in [6, 6.07) is 13.7. The Kier molecular flexibility index (Phi) is 4.73. The quantitative estimate of drug-likeness (QED) is 0.783. The van der Waals surface area contributed by atoms with Crippen molar-refractivity contribution in [2.24, 2.45) is 11.3 Å². The predicted octanol–water partition coefficient (Wildman–Crippen LogP) is 5.48. The average Bonchev–Trinajstić information content (AvgIpc) is 2.45. The number of nitrogens with one attached hydrogen (secondary N) is 1. The van der Waals surface area contributed by atoms with Crippen LogP contribution >= 0.6 is 0 Å². The van der Waals surface area contributed by atoms with Crippen LogP contribution in [0.25, 0.3) is 10.8 Å². The Morgan fingerprint density at radius 2 is 1.62 bits per heavy atom. The van der Waals surface area contributed by atoms with Gasteiger partial charge in [-0.25, -0.2) is 0 Å². The highest BCUT2D eigenvalue weighted by Gasteiger charge is 2.24. The van der Waals surface area contributed by atoms with Crippen LogP contribution in [0, 0.1) is 18.3 Å². The van der Waals surface area contributed by atoms with Crippen LogP contribution in [-0.2, 0) is 0 Å². The van der Waals surface area contributed by atoms with Crippen LogP contribution in [-0.4, -0.2) is 7.05 Å². The largest absolute Gasteiger partial charge is 0.313 e. The smallest absolute Gasteiger partial charge is 0.0326 e. The zero-order valence-corrected chi connectivity index (χ0v) is 14.3. The van der Waals surface area contributed by atoms with Gasteiger partial charge in [0.05, 0.1) is 0 Å². The number of hydrogen-bond acceptors (Lipinski definition) is 1. The molecule has 2 aromatic carbocycles. The molecule has 0 saturated carbocycles. The standard InChI is InChI=1S/C20H29N/c1-14-11-12-18(17-10-8-7-9-16(14)17)19(21-6)13-15(2)20(3,4)5/h7-12,15,19,21H,13H2,1-6H3. The molecule has 2 unspecified atom stereocenters. The van der Waals surface area contributed by atoms with Gasteiger partial charge in [-0.3, -0.25) is 0 Å². The lowest BCUT2D eigenvalue weighted by Crippen LogP contribution is -2.25. The molecule has 1 nitrogen and oxygen atoms in total. The molecular weight excluding hydrogens is 254 g/mol. The van der Waals surface area contributed by atoms with E-state index in [2.05, 4.69) is 83.4 Å². The van der Waals surface area contributed by atoms with E-state index in [0.29, 0.717) is 17.4 Å². The number of benzene rings is 2. The van der Waals surface area contributed by atoms with E-state index >= 15 is 0 Å². The van der Waals surface area contributed by atoms with E-state index in [1.165, 1.54) is 21.9 Å².